The Morgan fingerprint density at radius 3 is 2.25 bits per heavy atom. The molecule has 0 aromatic carbocycles. The molecule has 20 heavy (non-hydrogen) atoms. The summed E-state index contributed by atoms with van der Waals surface area (Å²) in [4.78, 5) is 35.8. The first-order valence-corrected chi connectivity index (χ1v) is 6.91. The molecule has 0 heterocycles. The molecule has 0 aromatic heterocycles. The molecule has 1 fully saturated rings. The third kappa shape index (κ3) is 4.40. The van der Waals surface area contributed by atoms with Crippen LogP contribution in [0.25, 0.3) is 0 Å². The standard InChI is InChI=1S/C13H23N3O4/c1-8(2)11(12(18)19)15-13(20)16(7-10(14)17)9-5-3-4-6-9/h8-9,11H,3-7H2,1-2H3,(H2,14,17)(H,15,20)(H,18,19). The van der Waals surface area contributed by atoms with Gasteiger partial charge in [0.2, 0.25) is 5.91 Å². The Kier molecular flexibility index (Phi) is 5.79. The van der Waals surface area contributed by atoms with E-state index < -0.39 is 23.9 Å². The van der Waals surface area contributed by atoms with Crippen molar-refractivity contribution in [3.05, 3.63) is 0 Å². The van der Waals surface area contributed by atoms with Gasteiger partial charge in [0.05, 0.1) is 0 Å². The van der Waals surface area contributed by atoms with Crippen LogP contribution >= 0.6 is 0 Å². The number of carbonyl (C=O) groups excluding carboxylic acids is 2. The minimum Gasteiger partial charge on any atom is -0.480 e. The maximum Gasteiger partial charge on any atom is 0.326 e. The van der Waals surface area contributed by atoms with Crippen LogP contribution in [0.3, 0.4) is 0 Å². The van der Waals surface area contributed by atoms with Crippen molar-refractivity contribution >= 4 is 17.9 Å². The van der Waals surface area contributed by atoms with Crippen molar-refractivity contribution in [1.82, 2.24) is 10.2 Å². The van der Waals surface area contributed by atoms with Crippen LogP contribution in [0.5, 0.6) is 0 Å². The number of hydrogen-bond acceptors (Lipinski definition) is 3. The summed E-state index contributed by atoms with van der Waals surface area (Å²) in [7, 11) is 0. The van der Waals surface area contributed by atoms with Crippen LogP contribution in [0.4, 0.5) is 4.79 Å². The van der Waals surface area contributed by atoms with Gasteiger partial charge in [-0.1, -0.05) is 26.7 Å². The summed E-state index contributed by atoms with van der Waals surface area (Å²) < 4.78 is 0. The quantitative estimate of drug-likeness (QED) is 0.660. The second kappa shape index (κ2) is 7.12. The molecule has 0 bridgehead atoms. The second-order valence-electron chi connectivity index (χ2n) is 5.54. The Morgan fingerprint density at radius 1 is 1.30 bits per heavy atom. The van der Waals surface area contributed by atoms with Gasteiger partial charge in [0, 0.05) is 6.04 Å². The van der Waals surface area contributed by atoms with E-state index in [-0.39, 0.29) is 18.5 Å². The average molecular weight is 285 g/mol. The number of aliphatic carboxylic acids is 1. The monoisotopic (exact) mass is 285 g/mol. The van der Waals surface area contributed by atoms with E-state index in [1.54, 1.807) is 13.8 Å². The van der Waals surface area contributed by atoms with Crippen LogP contribution in [-0.2, 0) is 9.59 Å². The fraction of sp³-hybridized carbons (Fsp3) is 0.769. The summed E-state index contributed by atoms with van der Waals surface area (Å²) in [6, 6.07) is -1.54. The maximum atomic E-state index is 12.2. The molecule has 0 saturated heterocycles. The Morgan fingerprint density at radius 2 is 1.85 bits per heavy atom. The third-order valence-electron chi connectivity index (χ3n) is 3.56. The Labute approximate surface area is 118 Å². The molecular weight excluding hydrogens is 262 g/mol. The predicted molar refractivity (Wildman–Crippen MR) is 72.9 cm³/mol. The Bertz CT molecular complexity index is 378. The first kappa shape index (κ1) is 16.3. The van der Waals surface area contributed by atoms with Crippen LogP contribution in [0.1, 0.15) is 39.5 Å². The van der Waals surface area contributed by atoms with E-state index in [9.17, 15) is 14.4 Å². The molecule has 1 saturated carbocycles. The summed E-state index contributed by atoms with van der Waals surface area (Å²) in [5, 5.41) is 11.6. The highest BCUT2D eigenvalue weighted by molar-refractivity contribution is 5.86. The molecule has 1 aliphatic rings. The number of nitrogens with one attached hydrogen (secondary N) is 1. The number of nitrogens with zero attached hydrogens (tertiary/aromatic N) is 1. The SMILES string of the molecule is CC(C)C(NC(=O)N(CC(N)=O)C1CCCC1)C(=O)O. The number of hydrogen-bond donors (Lipinski definition) is 3. The molecule has 0 aromatic rings. The van der Waals surface area contributed by atoms with Gasteiger partial charge in [-0.3, -0.25) is 4.79 Å². The lowest BCUT2D eigenvalue weighted by molar-refractivity contribution is -0.140. The Hall–Kier alpha value is -1.79. The molecule has 4 N–H and O–H groups in total. The molecule has 1 rings (SSSR count). The van der Waals surface area contributed by atoms with Crippen molar-refractivity contribution in [3.63, 3.8) is 0 Å². The number of carbonyl (C=O) groups is 3. The first-order valence-electron chi connectivity index (χ1n) is 6.91. The zero-order valence-corrected chi connectivity index (χ0v) is 12.0. The van der Waals surface area contributed by atoms with Crippen LogP contribution < -0.4 is 11.1 Å². The third-order valence-corrected chi connectivity index (χ3v) is 3.56. The molecule has 3 amide bonds. The topological polar surface area (TPSA) is 113 Å². The number of carboxylic acids is 1. The minimum absolute atomic E-state index is 0.0379. The zero-order valence-electron chi connectivity index (χ0n) is 12.0. The Balaban J connectivity index is 2.76. The lowest BCUT2D eigenvalue weighted by Crippen LogP contribution is -2.54. The molecule has 0 spiro atoms. The molecule has 1 atom stereocenters. The van der Waals surface area contributed by atoms with Crippen molar-refractivity contribution in [2.45, 2.75) is 51.6 Å². The minimum atomic E-state index is -1.08. The largest absolute Gasteiger partial charge is 0.480 e. The summed E-state index contributed by atoms with van der Waals surface area (Å²) in [6.45, 7) is 3.25. The van der Waals surface area contributed by atoms with Gasteiger partial charge < -0.3 is 21.1 Å². The van der Waals surface area contributed by atoms with Gasteiger partial charge in [-0.25, -0.2) is 9.59 Å². The van der Waals surface area contributed by atoms with E-state index >= 15 is 0 Å². The van der Waals surface area contributed by atoms with Gasteiger partial charge in [0.1, 0.15) is 12.6 Å². The van der Waals surface area contributed by atoms with Crippen molar-refractivity contribution < 1.29 is 19.5 Å². The average Bonchev–Trinajstić information content (AvgIpc) is 2.85. The van der Waals surface area contributed by atoms with E-state index in [2.05, 4.69) is 5.32 Å². The number of urea groups is 1. The highest BCUT2D eigenvalue weighted by Gasteiger charge is 2.31. The highest BCUT2D eigenvalue weighted by Crippen LogP contribution is 2.23. The van der Waals surface area contributed by atoms with Crippen LogP contribution in [-0.4, -0.2) is 46.5 Å². The molecule has 0 radical (unpaired) electrons. The number of amides is 3. The molecule has 114 valence electrons. The molecule has 7 nitrogen and oxygen atoms in total. The fourth-order valence-electron chi connectivity index (χ4n) is 2.48. The van der Waals surface area contributed by atoms with E-state index in [0.717, 1.165) is 25.7 Å². The van der Waals surface area contributed by atoms with Gasteiger partial charge in [-0.05, 0) is 18.8 Å². The molecular formula is C13H23N3O4. The number of rotatable bonds is 6. The lowest BCUT2D eigenvalue weighted by atomic mass is 10.1. The number of carboxylic acid groups (broad SMARTS) is 1. The molecule has 1 unspecified atom stereocenters. The van der Waals surface area contributed by atoms with Crippen molar-refractivity contribution in [2.75, 3.05) is 6.54 Å². The van der Waals surface area contributed by atoms with Gasteiger partial charge >= 0.3 is 12.0 Å². The van der Waals surface area contributed by atoms with Gasteiger partial charge in [0.25, 0.3) is 0 Å². The van der Waals surface area contributed by atoms with Gasteiger partial charge in [-0.2, -0.15) is 0 Å². The van der Waals surface area contributed by atoms with E-state index in [1.807, 2.05) is 0 Å². The zero-order chi connectivity index (χ0) is 15.3. The van der Waals surface area contributed by atoms with Crippen LogP contribution in [0.15, 0.2) is 0 Å². The van der Waals surface area contributed by atoms with Crippen molar-refractivity contribution in [1.29, 1.82) is 0 Å². The number of primary amides is 1. The van der Waals surface area contributed by atoms with E-state index in [1.165, 1.54) is 4.90 Å². The smallest absolute Gasteiger partial charge is 0.326 e. The predicted octanol–water partition coefficient (Wildman–Crippen LogP) is 0.535. The maximum absolute atomic E-state index is 12.2. The van der Waals surface area contributed by atoms with E-state index in [0.29, 0.717) is 0 Å². The van der Waals surface area contributed by atoms with Crippen molar-refractivity contribution in [3.8, 4) is 0 Å². The summed E-state index contributed by atoms with van der Waals surface area (Å²) in [6.07, 6.45) is 3.64. The van der Waals surface area contributed by atoms with Gasteiger partial charge in [-0.15, -0.1) is 0 Å². The van der Waals surface area contributed by atoms with E-state index in [4.69, 9.17) is 10.8 Å². The molecule has 7 heteroatoms. The van der Waals surface area contributed by atoms with Crippen LogP contribution in [0.2, 0.25) is 0 Å². The van der Waals surface area contributed by atoms with Gasteiger partial charge in [0.15, 0.2) is 0 Å². The normalized spacial score (nSPS) is 16.9. The number of nitrogens with two attached hydrogens (primary N) is 1. The first-order chi connectivity index (χ1) is 9.32. The summed E-state index contributed by atoms with van der Waals surface area (Å²) in [5.74, 6) is -1.92. The lowest BCUT2D eigenvalue weighted by Gasteiger charge is -2.30. The van der Waals surface area contributed by atoms with Crippen molar-refractivity contribution in [2.24, 2.45) is 11.7 Å². The summed E-state index contributed by atoms with van der Waals surface area (Å²) in [5.41, 5.74) is 5.17. The van der Waals surface area contributed by atoms with Crippen LogP contribution in [0, 0.1) is 5.92 Å². The second-order valence-corrected chi connectivity index (χ2v) is 5.54. The molecule has 1 aliphatic carbocycles. The molecule has 0 aliphatic heterocycles. The summed E-state index contributed by atoms with van der Waals surface area (Å²) >= 11 is 0. The highest BCUT2D eigenvalue weighted by atomic mass is 16.4. The fourth-order valence-corrected chi connectivity index (χ4v) is 2.48.